The van der Waals surface area contributed by atoms with E-state index in [9.17, 15) is 4.79 Å². The Morgan fingerprint density at radius 2 is 2.17 bits per heavy atom. The van der Waals surface area contributed by atoms with Crippen LogP contribution < -0.4 is 5.56 Å². The van der Waals surface area contributed by atoms with Gasteiger partial charge in [0.2, 0.25) is 0 Å². The van der Waals surface area contributed by atoms with E-state index in [1.54, 1.807) is 0 Å². The highest BCUT2D eigenvalue weighted by atomic mass is 127. The predicted octanol–water partition coefficient (Wildman–Crippen LogP) is 3.57. The summed E-state index contributed by atoms with van der Waals surface area (Å²) in [5.74, 6) is 0.569. The Morgan fingerprint density at radius 3 is 2.78 bits per heavy atom. The van der Waals surface area contributed by atoms with Crippen LogP contribution in [0.1, 0.15) is 18.2 Å². The van der Waals surface area contributed by atoms with Gasteiger partial charge < -0.3 is 4.98 Å². The summed E-state index contributed by atoms with van der Waals surface area (Å²) in [4.78, 5) is 19.1. The van der Waals surface area contributed by atoms with Gasteiger partial charge in [0.1, 0.15) is 5.82 Å². The highest BCUT2D eigenvalue weighted by Gasteiger charge is 2.09. The molecular formula is C13H12ClIN2O. The SMILES string of the molecule is CCc1nc(-c2ccc(C)c(Cl)c2)[nH]c(=O)c1I. The van der Waals surface area contributed by atoms with Crippen LogP contribution in [-0.2, 0) is 6.42 Å². The van der Waals surface area contributed by atoms with Crippen molar-refractivity contribution in [3.05, 3.63) is 48.4 Å². The molecule has 0 aliphatic carbocycles. The molecule has 2 rings (SSSR count). The monoisotopic (exact) mass is 374 g/mol. The van der Waals surface area contributed by atoms with E-state index in [0.29, 0.717) is 14.4 Å². The first-order chi connectivity index (χ1) is 8.52. The Bertz CT molecular complexity index is 652. The van der Waals surface area contributed by atoms with Crippen molar-refractivity contribution in [1.82, 2.24) is 9.97 Å². The minimum Gasteiger partial charge on any atom is -0.306 e. The van der Waals surface area contributed by atoms with Crippen LogP contribution in [0.3, 0.4) is 0 Å². The van der Waals surface area contributed by atoms with Crippen molar-refractivity contribution in [3.8, 4) is 11.4 Å². The van der Waals surface area contributed by atoms with Crippen molar-refractivity contribution in [1.29, 1.82) is 0 Å². The second-order valence-electron chi connectivity index (χ2n) is 3.99. The molecule has 0 aliphatic rings. The number of aromatic nitrogens is 2. The Morgan fingerprint density at radius 1 is 1.44 bits per heavy atom. The molecule has 0 aliphatic heterocycles. The summed E-state index contributed by atoms with van der Waals surface area (Å²) in [7, 11) is 0. The Hall–Kier alpha value is -0.880. The third-order valence-electron chi connectivity index (χ3n) is 2.71. The molecule has 94 valence electrons. The summed E-state index contributed by atoms with van der Waals surface area (Å²) in [5, 5.41) is 0.673. The van der Waals surface area contributed by atoms with Crippen LogP contribution in [-0.4, -0.2) is 9.97 Å². The molecule has 0 unspecified atom stereocenters. The number of nitrogens with one attached hydrogen (secondary N) is 1. The smallest absolute Gasteiger partial charge is 0.264 e. The normalized spacial score (nSPS) is 10.7. The Balaban J connectivity index is 2.60. The van der Waals surface area contributed by atoms with Crippen molar-refractivity contribution >= 4 is 34.2 Å². The third-order valence-corrected chi connectivity index (χ3v) is 4.23. The van der Waals surface area contributed by atoms with Crippen LogP contribution in [0.2, 0.25) is 5.02 Å². The van der Waals surface area contributed by atoms with E-state index >= 15 is 0 Å². The lowest BCUT2D eigenvalue weighted by atomic mass is 10.1. The maximum absolute atomic E-state index is 11.8. The quantitative estimate of drug-likeness (QED) is 0.817. The van der Waals surface area contributed by atoms with Gasteiger partial charge in [-0.1, -0.05) is 30.7 Å². The maximum atomic E-state index is 11.8. The molecule has 1 aromatic carbocycles. The summed E-state index contributed by atoms with van der Waals surface area (Å²) in [6.07, 6.45) is 0.731. The standard InChI is InChI=1S/C13H12ClIN2O/c1-3-10-11(15)13(18)17-12(16-10)8-5-4-7(2)9(14)6-8/h4-6H,3H2,1-2H3,(H,16,17,18). The fraction of sp³-hybridized carbons (Fsp3) is 0.231. The molecule has 3 nitrogen and oxygen atoms in total. The molecule has 0 spiro atoms. The molecule has 0 fully saturated rings. The van der Waals surface area contributed by atoms with Gasteiger partial charge in [-0.15, -0.1) is 0 Å². The lowest BCUT2D eigenvalue weighted by molar-refractivity contribution is 0.968. The first kappa shape index (κ1) is 13.5. The first-order valence-electron chi connectivity index (χ1n) is 5.58. The lowest BCUT2D eigenvalue weighted by Crippen LogP contribution is -2.16. The fourth-order valence-electron chi connectivity index (χ4n) is 1.62. The van der Waals surface area contributed by atoms with Crippen molar-refractivity contribution in [2.45, 2.75) is 20.3 Å². The van der Waals surface area contributed by atoms with Crippen LogP contribution >= 0.6 is 34.2 Å². The van der Waals surface area contributed by atoms with E-state index < -0.39 is 0 Å². The number of benzene rings is 1. The van der Waals surface area contributed by atoms with E-state index in [1.165, 1.54) is 0 Å². The van der Waals surface area contributed by atoms with Gasteiger partial charge in [0.15, 0.2) is 0 Å². The van der Waals surface area contributed by atoms with Crippen LogP contribution in [0.25, 0.3) is 11.4 Å². The molecule has 2 aromatic rings. The van der Waals surface area contributed by atoms with Crippen molar-refractivity contribution in [2.24, 2.45) is 0 Å². The zero-order chi connectivity index (χ0) is 13.3. The second kappa shape index (κ2) is 5.40. The molecule has 1 aromatic heterocycles. The molecular weight excluding hydrogens is 363 g/mol. The zero-order valence-corrected chi connectivity index (χ0v) is 13.0. The first-order valence-corrected chi connectivity index (χ1v) is 7.03. The van der Waals surface area contributed by atoms with Crippen LogP contribution in [0.15, 0.2) is 23.0 Å². The van der Waals surface area contributed by atoms with Gasteiger partial charge in [0.05, 0.1) is 9.26 Å². The van der Waals surface area contributed by atoms with Crippen LogP contribution in [0.4, 0.5) is 0 Å². The number of hydrogen-bond donors (Lipinski definition) is 1. The van der Waals surface area contributed by atoms with Gasteiger partial charge in [-0.25, -0.2) is 4.98 Å². The third kappa shape index (κ3) is 2.59. The van der Waals surface area contributed by atoms with Crippen molar-refractivity contribution < 1.29 is 0 Å². The van der Waals surface area contributed by atoms with Crippen LogP contribution in [0.5, 0.6) is 0 Å². The molecule has 0 saturated heterocycles. The summed E-state index contributed by atoms with van der Waals surface area (Å²) in [5.41, 5.74) is 2.54. The number of hydrogen-bond acceptors (Lipinski definition) is 2. The Kier molecular flexibility index (Phi) is 4.07. The highest BCUT2D eigenvalue weighted by molar-refractivity contribution is 14.1. The lowest BCUT2D eigenvalue weighted by Gasteiger charge is -2.06. The fourth-order valence-corrected chi connectivity index (χ4v) is 2.43. The van der Waals surface area contributed by atoms with Gasteiger partial charge in [0.25, 0.3) is 5.56 Å². The van der Waals surface area contributed by atoms with Gasteiger partial charge in [-0.05, 0) is 47.6 Å². The molecule has 0 saturated carbocycles. The molecule has 0 atom stereocenters. The van der Waals surface area contributed by atoms with E-state index in [-0.39, 0.29) is 5.56 Å². The number of H-pyrrole nitrogens is 1. The minimum atomic E-state index is -0.103. The zero-order valence-electron chi connectivity index (χ0n) is 10.1. The average Bonchev–Trinajstić information content (AvgIpc) is 2.36. The molecule has 18 heavy (non-hydrogen) atoms. The largest absolute Gasteiger partial charge is 0.306 e. The van der Waals surface area contributed by atoms with Gasteiger partial charge in [-0.2, -0.15) is 0 Å². The van der Waals surface area contributed by atoms with Gasteiger partial charge >= 0.3 is 0 Å². The summed E-state index contributed by atoms with van der Waals surface area (Å²) in [6.45, 7) is 3.92. The van der Waals surface area contributed by atoms with Crippen LogP contribution in [0, 0.1) is 10.5 Å². The Labute approximate surface area is 124 Å². The number of aromatic amines is 1. The topological polar surface area (TPSA) is 45.8 Å². The summed E-state index contributed by atoms with van der Waals surface area (Å²) < 4.78 is 0.650. The van der Waals surface area contributed by atoms with Gasteiger partial charge in [-0.3, -0.25) is 4.79 Å². The average molecular weight is 375 g/mol. The maximum Gasteiger partial charge on any atom is 0.264 e. The molecule has 0 amide bonds. The summed E-state index contributed by atoms with van der Waals surface area (Å²) >= 11 is 8.11. The molecule has 0 radical (unpaired) electrons. The van der Waals surface area contributed by atoms with E-state index in [2.05, 4.69) is 9.97 Å². The van der Waals surface area contributed by atoms with E-state index in [4.69, 9.17) is 11.6 Å². The molecule has 5 heteroatoms. The van der Waals surface area contributed by atoms with Crippen molar-refractivity contribution in [2.75, 3.05) is 0 Å². The molecule has 1 heterocycles. The minimum absolute atomic E-state index is 0.103. The molecule has 1 N–H and O–H groups in total. The van der Waals surface area contributed by atoms with Gasteiger partial charge in [0, 0.05) is 10.6 Å². The number of rotatable bonds is 2. The number of halogens is 2. The van der Waals surface area contributed by atoms with E-state index in [0.717, 1.165) is 23.2 Å². The van der Waals surface area contributed by atoms with Crippen molar-refractivity contribution in [3.63, 3.8) is 0 Å². The van der Waals surface area contributed by atoms with E-state index in [1.807, 2.05) is 54.6 Å². The number of aryl methyl sites for hydroxylation is 2. The predicted molar refractivity (Wildman–Crippen MR) is 82.1 cm³/mol. The summed E-state index contributed by atoms with van der Waals surface area (Å²) in [6, 6.07) is 5.65. The second-order valence-corrected chi connectivity index (χ2v) is 5.48. The highest BCUT2D eigenvalue weighted by Crippen LogP contribution is 2.22. The number of nitrogens with zero attached hydrogens (tertiary/aromatic N) is 1. The molecule has 0 bridgehead atoms.